The van der Waals surface area contributed by atoms with Gasteiger partial charge in [-0.2, -0.15) is 0 Å². The van der Waals surface area contributed by atoms with Crippen LogP contribution < -0.4 is 9.80 Å². The van der Waals surface area contributed by atoms with E-state index in [1.807, 2.05) is 22.7 Å². The monoisotopic (exact) mass is 892 g/mol. The van der Waals surface area contributed by atoms with Crippen molar-refractivity contribution in [2.24, 2.45) is 0 Å². The molecule has 11 aromatic rings. The van der Waals surface area contributed by atoms with Crippen LogP contribution >= 0.6 is 22.7 Å². The lowest BCUT2D eigenvalue weighted by Crippen LogP contribution is -2.12. The lowest BCUT2D eigenvalue weighted by Gasteiger charge is -2.28. The van der Waals surface area contributed by atoms with Gasteiger partial charge in [0.2, 0.25) is 0 Å². The molecule has 9 aromatic carbocycles. The SMILES string of the molecule is Cc1cc(N(c2cc(C)c(C)c(C)c2)c2ccc3cc4c(cc3c2)sc2cc3sc5cc6cc(N(c7cc(C)c(C)c(C)c7)c7cc(C)c(C)c(C)c7)ccc6cc5c3cc24)cc(C)c1C. The van der Waals surface area contributed by atoms with E-state index >= 15 is 0 Å². The highest BCUT2D eigenvalue weighted by molar-refractivity contribution is 7.28. The predicted octanol–water partition coefficient (Wildman–Crippen LogP) is 19.4. The zero-order valence-electron chi connectivity index (χ0n) is 40.3. The minimum Gasteiger partial charge on any atom is -0.310 e. The Hall–Kier alpha value is -6.46. The lowest BCUT2D eigenvalue weighted by atomic mass is 9.99. The van der Waals surface area contributed by atoms with E-state index in [0.29, 0.717) is 0 Å². The molecule has 0 bridgehead atoms. The van der Waals surface area contributed by atoms with E-state index in [9.17, 15) is 0 Å². The average molecular weight is 893 g/mol. The van der Waals surface area contributed by atoms with Gasteiger partial charge in [0.25, 0.3) is 0 Å². The van der Waals surface area contributed by atoms with E-state index in [-0.39, 0.29) is 0 Å². The van der Waals surface area contributed by atoms with Gasteiger partial charge in [-0.05, 0) is 281 Å². The summed E-state index contributed by atoms with van der Waals surface area (Å²) in [7, 11) is 0. The van der Waals surface area contributed by atoms with Crippen LogP contribution in [0, 0.1) is 83.1 Å². The molecule has 2 aromatic heterocycles. The maximum absolute atomic E-state index is 2.47. The number of aryl methyl sites for hydroxylation is 8. The Balaban J connectivity index is 1.01. The summed E-state index contributed by atoms with van der Waals surface area (Å²) >= 11 is 3.83. The zero-order valence-corrected chi connectivity index (χ0v) is 41.9. The van der Waals surface area contributed by atoms with E-state index in [2.05, 4.69) is 214 Å². The fraction of sp³-hybridized carbons (Fsp3) is 0.194. The molecule has 0 spiro atoms. The maximum atomic E-state index is 2.47. The summed E-state index contributed by atoms with van der Waals surface area (Å²) in [6, 6.07) is 47.4. The van der Waals surface area contributed by atoms with Gasteiger partial charge >= 0.3 is 0 Å². The molecule has 2 heterocycles. The summed E-state index contributed by atoms with van der Waals surface area (Å²) in [5.41, 5.74) is 23.0. The van der Waals surface area contributed by atoms with Crippen LogP contribution in [0.3, 0.4) is 0 Å². The summed E-state index contributed by atoms with van der Waals surface area (Å²) in [4.78, 5) is 4.90. The fourth-order valence-electron chi connectivity index (χ4n) is 10.2. The molecule has 0 fully saturated rings. The number of hydrogen-bond donors (Lipinski definition) is 0. The Morgan fingerprint density at radius 1 is 0.242 bits per heavy atom. The molecule has 0 unspecified atom stereocenters. The van der Waals surface area contributed by atoms with Crippen LogP contribution in [-0.2, 0) is 0 Å². The van der Waals surface area contributed by atoms with Crippen molar-refractivity contribution < 1.29 is 0 Å². The van der Waals surface area contributed by atoms with Crippen molar-refractivity contribution >= 4 is 119 Å². The number of fused-ring (bicyclic) bond motifs is 8. The van der Waals surface area contributed by atoms with E-state index in [1.165, 1.54) is 163 Å². The fourth-order valence-corrected chi connectivity index (χ4v) is 12.6. The van der Waals surface area contributed by atoms with E-state index < -0.39 is 0 Å². The van der Waals surface area contributed by atoms with Crippen molar-refractivity contribution in [3.63, 3.8) is 0 Å². The van der Waals surface area contributed by atoms with Crippen LogP contribution in [0.25, 0.3) is 61.9 Å². The molecule has 11 rings (SSSR count). The Bertz CT molecular complexity index is 3400. The first kappa shape index (κ1) is 42.2. The van der Waals surface area contributed by atoms with E-state index in [4.69, 9.17) is 0 Å². The molecule has 0 atom stereocenters. The molecular formula is C62H56N2S2. The predicted molar refractivity (Wildman–Crippen MR) is 293 cm³/mol. The second-order valence-electron chi connectivity index (χ2n) is 19.3. The van der Waals surface area contributed by atoms with Crippen LogP contribution in [0.4, 0.5) is 34.1 Å². The van der Waals surface area contributed by atoms with Gasteiger partial charge in [0, 0.05) is 74.5 Å². The van der Waals surface area contributed by atoms with E-state index in [1.54, 1.807) is 0 Å². The molecule has 0 amide bonds. The van der Waals surface area contributed by atoms with Crippen LogP contribution in [0.15, 0.2) is 121 Å². The quantitative estimate of drug-likeness (QED) is 0.164. The van der Waals surface area contributed by atoms with Gasteiger partial charge in [-0.15, -0.1) is 22.7 Å². The van der Waals surface area contributed by atoms with Crippen molar-refractivity contribution in [3.8, 4) is 0 Å². The molecule has 66 heavy (non-hydrogen) atoms. The largest absolute Gasteiger partial charge is 0.310 e. The van der Waals surface area contributed by atoms with Gasteiger partial charge in [0.05, 0.1) is 0 Å². The standard InChI is InChI=1S/C62H56N2S2/c1-33-17-51(18-34(2)41(33)9)63(52-19-35(3)42(10)36(4)20-52)49-15-13-45-27-55-57-31-58-56-28-46-14-16-50(26-48(46)30-60(56)66-62(58)32-61(57)65-59(55)29-47(45)25-49)64(53-21-37(5)43(11)38(6)22-53)54-23-39(7)44(12)40(8)24-54/h13-32H,1-12H3. The first-order valence-electron chi connectivity index (χ1n) is 23.2. The number of nitrogens with zero attached hydrogens (tertiary/aromatic N) is 2. The first-order chi connectivity index (χ1) is 31.6. The van der Waals surface area contributed by atoms with Gasteiger partial charge in [-0.25, -0.2) is 0 Å². The third-order valence-electron chi connectivity index (χ3n) is 15.1. The topological polar surface area (TPSA) is 6.48 Å². The molecule has 326 valence electrons. The molecule has 0 N–H and O–H groups in total. The number of benzene rings is 9. The Labute approximate surface area is 397 Å². The first-order valence-corrected chi connectivity index (χ1v) is 24.9. The summed E-state index contributed by atoms with van der Waals surface area (Å²) in [5.74, 6) is 0. The zero-order chi connectivity index (χ0) is 46.0. The van der Waals surface area contributed by atoms with Gasteiger partial charge < -0.3 is 9.80 Å². The number of anilines is 6. The van der Waals surface area contributed by atoms with Crippen molar-refractivity contribution in [2.45, 2.75) is 83.1 Å². The second-order valence-corrected chi connectivity index (χ2v) is 21.5. The van der Waals surface area contributed by atoms with Crippen molar-refractivity contribution in [1.82, 2.24) is 0 Å². The number of hydrogen-bond acceptors (Lipinski definition) is 4. The molecular weight excluding hydrogens is 837 g/mol. The van der Waals surface area contributed by atoms with Crippen molar-refractivity contribution in [3.05, 3.63) is 188 Å². The molecule has 0 saturated carbocycles. The highest BCUT2D eigenvalue weighted by atomic mass is 32.1. The lowest BCUT2D eigenvalue weighted by molar-refractivity contribution is 1.19. The summed E-state index contributed by atoms with van der Waals surface area (Å²) in [6.45, 7) is 26.8. The summed E-state index contributed by atoms with van der Waals surface area (Å²) < 4.78 is 5.33. The molecule has 0 aliphatic rings. The number of thiophene rings is 2. The molecule has 0 radical (unpaired) electrons. The van der Waals surface area contributed by atoms with Crippen molar-refractivity contribution in [2.75, 3.05) is 9.80 Å². The Kier molecular flexibility index (Phi) is 9.96. The normalized spacial score (nSPS) is 11.9. The molecule has 2 nitrogen and oxygen atoms in total. The molecule has 0 saturated heterocycles. The maximum Gasteiger partial charge on any atom is 0.0468 e. The van der Waals surface area contributed by atoms with Crippen molar-refractivity contribution in [1.29, 1.82) is 0 Å². The summed E-state index contributed by atoms with van der Waals surface area (Å²) in [5, 5.41) is 10.4. The van der Waals surface area contributed by atoms with Crippen LogP contribution in [0.1, 0.15) is 66.8 Å². The molecule has 0 aliphatic heterocycles. The van der Waals surface area contributed by atoms with Crippen LogP contribution in [0.2, 0.25) is 0 Å². The highest BCUT2D eigenvalue weighted by Crippen LogP contribution is 2.46. The molecule has 4 heteroatoms. The van der Waals surface area contributed by atoms with Gasteiger partial charge in [0.15, 0.2) is 0 Å². The summed E-state index contributed by atoms with van der Waals surface area (Å²) in [6.07, 6.45) is 0. The smallest absolute Gasteiger partial charge is 0.0468 e. The molecule has 0 aliphatic carbocycles. The van der Waals surface area contributed by atoms with E-state index in [0.717, 1.165) is 0 Å². The number of rotatable bonds is 6. The third-order valence-corrected chi connectivity index (χ3v) is 17.4. The Morgan fingerprint density at radius 3 is 0.818 bits per heavy atom. The second kappa shape index (κ2) is 15.6. The highest BCUT2D eigenvalue weighted by Gasteiger charge is 2.20. The van der Waals surface area contributed by atoms with Gasteiger partial charge in [-0.1, -0.05) is 12.1 Å². The van der Waals surface area contributed by atoms with Crippen LogP contribution in [-0.4, -0.2) is 0 Å². The minimum atomic E-state index is 1.17. The Morgan fingerprint density at radius 2 is 0.515 bits per heavy atom. The van der Waals surface area contributed by atoms with Crippen LogP contribution in [0.5, 0.6) is 0 Å². The third kappa shape index (κ3) is 6.88. The average Bonchev–Trinajstić information content (AvgIpc) is 3.81. The minimum absolute atomic E-state index is 1.17. The van der Waals surface area contributed by atoms with Gasteiger partial charge in [0.1, 0.15) is 0 Å². The van der Waals surface area contributed by atoms with Gasteiger partial charge in [-0.3, -0.25) is 0 Å².